The Morgan fingerprint density at radius 1 is 1.07 bits per heavy atom. The molecule has 0 unspecified atom stereocenters. The second-order valence-electron chi connectivity index (χ2n) is 6.19. The lowest BCUT2D eigenvalue weighted by atomic mass is 10.1. The molecule has 1 aliphatic heterocycles. The van der Waals surface area contributed by atoms with E-state index in [0.717, 1.165) is 25.5 Å². The molecule has 2 heterocycles. The Bertz CT molecular complexity index is 1140. The van der Waals surface area contributed by atoms with Gasteiger partial charge in [-0.05, 0) is 52.7 Å². The minimum absolute atomic E-state index is 0.0520. The van der Waals surface area contributed by atoms with Crippen LogP contribution in [0.15, 0.2) is 75.1 Å². The first-order valence-corrected chi connectivity index (χ1v) is 11.9. The maximum atomic E-state index is 12.5. The second kappa shape index (κ2) is 7.87. The van der Waals surface area contributed by atoms with Crippen LogP contribution in [0.5, 0.6) is 0 Å². The summed E-state index contributed by atoms with van der Waals surface area (Å²) in [5.74, 6) is -0.0520. The van der Waals surface area contributed by atoms with Gasteiger partial charge in [-0.25, -0.2) is 5.06 Å². The fourth-order valence-corrected chi connectivity index (χ4v) is 5.52. The smallest absolute Gasteiger partial charge is 0.255 e. The Labute approximate surface area is 177 Å². The Hall–Kier alpha value is -1.87. The summed E-state index contributed by atoms with van der Waals surface area (Å²) < 4.78 is 31.5. The number of anilines is 2. The van der Waals surface area contributed by atoms with Gasteiger partial charge in [-0.3, -0.25) is 4.98 Å². The largest absolute Gasteiger partial charge is 0.288 e. The van der Waals surface area contributed by atoms with Crippen molar-refractivity contribution in [1.29, 1.82) is 0 Å². The number of rotatable bonds is 5. The predicted octanol–water partition coefficient (Wildman–Crippen LogP) is 5.79. The average Bonchev–Trinajstić information content (AvgIpc) is 2.67. The van der Waals surface area contributed by atoms with Crippen molar-refractivity contribution in [2.75, 3.05) is 10.8 Å². The Kier molecular flexibility index (Phi) is 5.46. The lowest BCUT2D eigenvalue weighted by Crippen LogP contribution is -2.27. The molecule has 0 fully saturated rings. The molecule has 0 saturated carbocycles. The van der Waals surface area contributed by atoms with Gasteiger partial charge in [0.05, 0.1) is 22.8 Å². The number of fused-ring (bicyclic) bond motifs is 2. The van der Waals surface area contributed by atoms with Crippen LogP contribution in [-0.4, -0.2) is 19.2 Å². The van der Waals surface area contributed by atoms with E-state index in [1.54, 1.807) is 18.0 Å². The van der Waals surface area contributed by atoms with Crippen molar-refractivity contribution < 1.29 is 12.7 Å². The molecular weight excluding hydrogens is 460 g/mol. The van der Waals surface area contributed by atoms with Crippen LogP contribution < -0.4 is 5.06 Å². The normalized spacial score (nSPS) is 13.1. The van der Waals surface area contributed by atoms with Crippen molar-refractivity contribution in [1.82, 2.24) is 4.98 Å². The fourth-order valence-electron chi connectivity index (χ4n) is 3.02. The van der Waals surface area contributed by atoms with Crippen molar-refractivity contribution in [3.8, 4) is 11.3 Å². The first-order valence-electron chi connectivity index (χ1n) is 8.73. The summed E-state index contributed by atoms with van der Waals surface area (Å²) in [5.41, 5.74) is 2.88. The van der Waals surface area contributed by atoms with E-state index in [4.69, 9.17) is 4.28 Å². The van der Waals surface area contributed by atoms with Crippen molar-refractivity contribution in [2.45, 2.75) is 23.1 Å². The molecule has 0 aliphatic carbocycles. The summed E-state index contributed by atoms with van der Waals surface area (Å²) in [5, 5.41) is 1.43. The van der Waals surface area contributed by atoms with E-state index in [1.807, 2.05) is 61.5 Å². The molecule has 1 aromatic heterocycles. The quantitative estimate of drug-likeness (QED) is 0.464. The summed E-state index contributed by atoms with van der Waals surface area (Å²) >= 11 is 5.13. The second-order valence-corrected chi connectivity index (χ2v) is 9.80. The van der Waals surface area contributed by atoms with Crippen LogP contribution in [0.25, 0.3) is 11.3 Å². The van der Waals surface area contributed by atoms with Crippen molar-refractivity contribution in [2.24, 2.45) is 0 Å². The van der Waals surface area contributed by atoms with E-state index in [9.17, 15) is 8.42 Å². The molecule has 0 bridgehead atoms. The molecular formula is C20H17BrN2O3S2. The maximum Gasteiger partial charge on any atom is 0.288 e. The van der Waals surface area contributed by atoms with Crippen LogP contribution in [0.3, 0.4) is 0 Å². The van der Waals surface area contributed by atoms with Crippen molar-refractivity contribution in [3.63, 3.8) is 0 Å². The minimum Gasteiger partial charge on any atom is -0.255 e. The van der Waals surface area contributed by atoms with Crippen LogP contribution in [0.4, 0.5) is 11.4 Å². The molecule has 8 heteroatoms. The number of aromatic nitrogens is 1. The lowest BCUT2D eigenvalue weighted by Gasteiger charge is -2.32. The number of nitrogens with zero attached hydrogens (tertiary/aromatic N) is 2. The monoisotopic (exact) mass is 476 g/mol. The van der Waals surface area contributed by atoms with Crippen LogP contribution in [0.2, 0.25) is 0 Å². The molecule has 28 heavy (non-hydrogen) atoms. The molecule has 4 rings (SSSR count). The van der Waals surface area contributed by atoms with E-state index in [2.05, 4.69) is 20.9 Å². The zero-order chi connectivity index (χ0) is 19.7. The first-order chi connectivity index (χ1) is 13.5. The molecule has 2 aromatic carbocycles. The average molecular weight is 477 g/mol. The van der Waals surface area contributed by atoms with Gasteiger partial charge in [-0.2, -0.15) is 8.42 Å². The van der Waals surface area contributed by atoms with Crippen LogP contribution in [-0.2, 0) is 14.4 Å². The summed E-state index contributed by atoms with van der Waals surface area (Å²) in [7, 11) is -3.74. The number of benzene rings is 2. The van der Waals surface area contributed by atoms with E-state index in [-0.39, 0.29) is 5.75 Å². The Balaban J connectivity index is 1.93. The highest BCUT2D eigenvalue weighted by atomic mass is 79.9. The standard InChI is InChI=1S/C20H17BrN2O3S2/c1-2-13-28(24,25)26-23-16-9-3-4-10-17(16)27-18-11-5-7-14(20(18)23)19-15(21)8-6-12-22-19/h3-12H,2,13H2,1H3. The van der Waals surface area contributed by atoms with Crippen LogP contribution in [0.1, 0.15) is 13.3 Å². The molecule has 0 radical (unpaired) electrons. The van der Waals surface area contributed by atoms with Gasteiger partial charge in [-0.15, -0.1) is 4.28 Å². The first kappa shape index (κ1) is 19.4. The van der Waals surface area contributed by atoms with Gasteiger partial charge in [0.15, 0.2) is 0 Å². The third-order valence-corrected chi connectivity index (χ3v) is 7.20. The minimum atomic E-state index is -3.74. The third kappa shape index (κ3) is 3.69. The molecule has 0 atom stereocenters. The number of para-hydroxylation sites is 2. The van der Waals surface area contributed by atoms with Gasteiger partial charge in [-0.1, -0.05) is 43.0 Å². The van der Waals surface area contributed by atoms with Gasteiger partial charge in [0.1, 0.15) is 0 Å². The summed E-state index contributed by atoms with van der Waals surface area (Å²) in [6.45, 7) is 1.81. The third-order valence-electron chi connectivity index (χ3n) is 4.16. The maximum absolute atomic E-state index is 12.5. The Morgan fingerprint density at radius 2 is 1.86 bits per heavy atom. The Morgan fingerprint density at radius 3 is 2.64 bits per heavy atom. The molecule has 0 spiro atoms. The fraction of sp³-hybridized carbons (Fsp3) is 0.150. The van der Waals surface area contributed by atoms with Gasteiger partial charge in [0.2, 0.25) is 0 Å². The predicted molar refractivity (Wildman–Crippen MR) is 115 cm³/mol. The van der Waals surface area contributed by atoms with Crippen molar-refractivity contribution in [3.05, 3.63) is 65.3 Å². The van der Waals surface area contributed by atoms with Gasteiger partial charge in [0.25, 0.3) is 10.1 Å². The van der Waals surface area contributed by atoms with Gasteiger partial charge < -0.3 is 0 Å². The molecule has 0 N–H and O–H groups in total. The molecule has 1 aliphatic rings. The van der Waals surface area contributed by atoms with Crippen molar-refractivity contribution >= 4 is 49.2 Å². The molecule has 5 nitrogen and oxygen atoms in total. The number of hydrogen-bond donors (Lipinski definition) is 0. The zero-order valence-electron chi connectivity index (χ0n) is 15.0. The highest BCUT2D eigenvalue weighted by Gasteiger charge is 2.31. The molecule has 144 valence electrons. The lowest BCUT2D eigenvalue weighted by molar-refractivity contribution is 0.319. The SMILES string of the molecule is CCCS(=O)(=O)ON1c2ccccc2Sc2cccc(-c3ncccc3Br)c21. The number of halogens is 1. The van der Waals surface area contributed by atoms with E-state index >= 15 is 0 Å². The van der Waals surface area contributed by atoms with E-state index in [0.29, 0.717) is 17.8 Å². The van der Waals surface area contributed by atoms with E-state index < -0.39 is 10.1 Å². The van der Waals surface area contributed by atoms with Gasteiger partial charge in [0, 0.05) is 26.0 Å². The zero-order valence-corrected chi connectivity index (χ0v) is 18.2. The highest BCUT2D eigenvalue weighted by Crippen LogP contribution is 2.52. The summed E-state index contributed by atoms with van der Waals surface area (Å²) in [6.07, 6.45) is 2.19. The topological polar surface area (TPSA) is 59.5 Å². The number of hydrogen-bond acceptors (Lipinski definition) is 6. The number of pyridine rings is 1. The summed E-state index contributed by atoms with van der Waals surface area (Å²) in [6, 6.07) is 17.2. The van der Waals surface area contributed by atoms with Crippen LogP contribution >= 0.6 is 27.7 Å². The van der Waals surface area contributed by atoms with Crippen LogP contribution in [0, 0.1) is 0 Å². The van der Waals surface area contributed by atoms with E-state index in [1.165, 1.54) is 5.06 Å². The molecule has 0 saturated heterocycles. The molecule has 0 amide bonds. The van der Waals surface area contributed by atoms with Gasteiger partial charge >= 0.3 is 0 Å². The molecule has 3 aromatic rings. The highest BCUT2D eigenvalue weighted by molar-refractivity contribution is 9.10. The summed E-state index contributed by atoms with van der Waals surface area (Å²) in [4.78, 5) is 6.32.